The van der Waals surface area contributed by atoms with E-state index in [1.165, 1.54) is 28.9 Å². The molecule has 8 nitrogen and oxygen atoms in total. The molecule has 4 aromatic rings. The highest BCUT2D eigenvalue weighted by Crippen LogP contribution is 2.39. The second-order valence-corrected chi connectivity index (χ2v) is 15.7. The molecule has 0 aliphatic heterocycles. The average Bonchev–Trinajstić information content (AvgIpc) is 3.24. The van der Waals surface area contributed by atoms with Crippen LogP contribution < -0.4 is 9.62 Å². The fraction of sp³-hybridized carbons (Fsp3) is 0.375. The lowest BCUT2D eigenvalue weighted by atomic mass is 10.2. The van der Waals surface area contributed by atoms with Gasteiger partial charge in [-0.05, 0) is 49.3 Å². The lowest BCUT2D eigenvalue weighted by molar-refractivity contribution is 0.562. The highest BCUT2D eigenvalue weighted by Gasteiger charge is 2.33. The van der Waals surface area contributed by atoms with Crippen LogP contribution in [0.25, 0.3) is 21.6 Å². The number of H-pyrrole nitrogens is 1. The number of sulfone groups is 1. The highest BCUT2D eigenvalue weighted by atomic mass is 32.2. The molecule has 2 N–H and O–H groups in total. The van der Waals surface area contributed by atoms with Gasteiger partial charge in [-0.1, -0.05) is 18.2 Å². The molecule has 3 aromatic heterocycles. The third-order valence-corrected chi connectivity index (χ3v) is 11.3. The second-order valence-electron chi connectivity index (χ2n) is 9.34. The number of hydrogen-bond donors (Lipinski definition) is 2. The predicted octanol–water partition coefficient (Wildman–Crippen LogP) is 4.48. The number of nitrogens with zero attached hydrogens (tertiary/aromatic N) is 2. The molecular weight excluding hydrogens is 537 g/mol. The summed E-state index contributed by atoms with van der Waals surface area (Å²) < 4.78 is 52.0. The van der Waals surface area contributed by atoms with Crippen molar-refractivity contribution in [2.75, 3.05) is 22.9 Å². The first-order valence-electron chi connectivity index (χ1n) is 11.6. The van der Waals surface area contributed by atoms with Crippen molar-refractivity contribution in [2.45, 2.75) is 36.6 Å². The van der Waals surface area contributed by atoms with E-state index in [4.69, 9.17) is 0 Å². The molecule has 1 fully saturated rings. The molecule has 1 unspecified atom stereocenters. The Balaban J connectivity index is 1.43. The van der Waals surface area contributed by atoms with E-state index in [0.29, 0.717) is 28.9 Å². The zero-order valence-electron chi connectivity index (χ0n) is 20.0. The number of aromatic nitrogens is 2. The van der Waals surface area contributed by atoms with Crippen LogP contribution in [0.3, 0.4) is 0 Å². The number of aromatic amines is 1. The SMILES string of the molecule is CC(CS(C)(=O)=O)NCc1cnc(-c2cc3cccc(N(CC4CC4)S(=O)(=O)c4cccs4)c3[nH]2)s1. The summed E-state index contributed by atoms with van der Waals surface area (Å²) in [5.74, 6) is 0.457. The Kier molecular flexibility index (Phi) is 6.98. The average molecular weight is 565 g/mol. The Morgan fingerprint density at radius 1 is 1.19 bits per heavy atom. The van der Waals surface area contributed by atoms with E-state index in [-0.39, 0.29) is 11.8 Å². The van der Waals surface area contributed by atoms with Gasteiger partial charge in [0.25, 0.3) is 10.0 Å². The number of rotatable bonds is 11. The first-order chi connectivity index (χ1) is 17.1. The van der Waals surface area contributed by atoms with Crippen LogP contribution in [0.4, 0.5) is 5.69 Å². The molecule has 36 heavy (non-hydrogen) atoms. The van der Waals surface area contributed by atoms with E-state index in [1.807, 2.05) is 31.2 Å². The molecule has 0 amide bonds. The van der Waals surface area contributed by atoms with Crippen molar-refractivity contribution >= 4 is 59.1 Å². The van der Waals surface area contributed by atoms with Crippen LogP contribution in [0.2, 0.25) is 0 Å². The summed E-state index contributed by atoms with van der Waals surface area (Å²) in [6.45, 7) is 2.83. The smallest absolute Gasteiger partial charge is 0.273 e. The standard InChI is InChI=1S/C24H28N4O4S4/c1-16(15-35(2,29)30)25-12-19-13-26-24(34-19)20-11-18-5-3-6-21(23(18)27-20)28(14-17-8-9-17)36(31,32)22-7-4-10-33-22/h3-7,10-11,13,16-17,25,27H,8-9,12,14-15H2,1-2H3. The van der Waals surface area contributed by atoms with Gasteiger partial charge in [-0.25, -0.2) is 21.8 Å². The maximum Gasteiger partial charge on any atom is 0.273 e. The number of thiazole rings is 1. The third-order valence-electron chi connectivity index (χ3n) is 6.02. The molecule has 5 rings (SSSR count). The summed E-state index contributed by atoms with van der Waals surface area (Å²) in [6, 6.07) is 11.0. The number of hydrogen-bond acceptors (Lipinski definition) is 8. The first-order valence-corrected chi connectivity index (χ1v) is 16.8. The van der Waals surface area contributed by atoms with Crippen LogP contribution in [0, 0.1) is 5.92 Å². The van der Waals surface area contributed by atoms with Gasteiger partial charge in [0.2, 0.25) is 0 Å². The molecule has 0 spiro atoms. The minimum Gasteiger partial charge on any atom is -0.351 e. The van der Waals surface area contributed by atoms with Gasteiger partial charge in [0.1, 0.15) is 19.1 Å². The molecule has 1 aliphatic carbocycles. The van der Waals surface area contributed by atoms with E-state index in [2.05, 4.69) is 15.3 Å². The van der Waals surface area contributed by atoms with E-state index < -0.39 is 19.9 Å². The van der Waals surface area contributed by atoms with E-state index in [0.717, 1.165) is 39.3 Å². The fourth-order valence-corrected chi connectivity index (χ4v) is 8.66. The van der Waals surface area contributed by atoms with Crippen molar-refractivity contribution in [3.8, 4) is 10.7 Å². The molecule has 1 saturated carbocycles. The van der Waals surface area contributed by atoms with Gasteiger partial charge in [-0.2, -0.15) is 0 Å². The van der Waals surface area contributed by atoms with Gasteiger partial charge in [-0.3, -0.25) is 4.31 Å². The summed E-state index contributed by atoms with van der Waals surface area (Å²) in [5.41, 5.74) is 2.23. The van der Waals surface area contributed by atoms with Crippen LogP contribution in [-0.2, 0) is 26.4 Å². The Morgan fingerprint density at radius 2 is 2.00 bits per heavy atom. The highest BCUT2D eigenvalue weighted by molar-refractivity contribution is 7.94. The molecule has 12 heteroatoms. The Labute approximate surface area is 219 Å². The van der Waals surface area contributed by atoms with Gasteiger partial charge in [0.15, 0.2) is 0 Å². The minimum atomic E-state index is -3.67. The molecule has 0 saturated heterocycles. The van der Waals surface area contributed by atoms with Crippen LogP contribution in [0.15, 0.2) is 52.2 Å². The number of anilines is 1. The minimum absolute atomic E-state index is 0.0786. The van der Waals surface area contributed by atoms with Gasteiger partial charge in [0.05, 0.1) is 22.7 Å². The van der Waals surface area contributed by atoms with Crippen molar-refractivity contribution in [1.82, 2.24) is 15.3 Å². The topological polar surface area (TPSA) is 112 Å². The van der Waals surface area contributed by atoms with Gasteiger partial charge in [-0.15, -0.1) is 22.7 Å². The van der Waals surface area contributed by atoms with Crippen LogP contribution in [0.1, 0.15) is 24.6 Å². The van der Waals surface area contributed by atoms with E-state index in [1.54, 1.807) is 28.0 Å². The number of para-hydroxylation sites is 1. The zero-order valence-corrected chi connectivity index (χ0v) is 23.2. The maximum absolute atomic E-state index is 13.6. The summed E-state index contributed by atoms with van der Waals surface area (Å²) in [4.78, 5) is 8.97. The normalized spacial score (nSPS) is 15.4. The second kappa shape index (κ2) is 9.90. The van der Waals surface area contributed by atoms with Crippen LogP contribution in [0.5, 0.6) is 0 Å². The maximum atomic E-state index is 13.6. The number of sulfonamides is 1. The summed E-state index contributed by atoms with van der Waals surface area (Å²) in [5, 5.41) is 6.73. The van der Waals surface area contributed by atoms with Gasteiger partial charge >= 0.3 is 0 Å². The zero-order chi connectivity index (χ0) is 25.5. The van der Waals surface area contributed by atoms with E-state index >= 15 is 0 Å². The molecule has 1 aromatic carbocycles. The fourth-order valence-electron chi connectivity index (χ4n) is 4.14. The quantitative estimate of drug-likeness (QED) is 0.278. The molecule has 192 valence electrons. The van der Waals surface area contributed by atoms with Crippen molar-refractivity contribution in [1.29, 1.82) is 0 Å². The monoisotopic (exact) mass is 564 g/mol. The Morgan fingerprint density at radius 3 is 2.69 bits per heavy atom. The molecule has 0 radical (unpaired) electrons. The van der Waals surface area contributed by atoms with Crippen molar-refractivity contribution in [3.63, 3.8) is 0 Å². The lowest BCUT2D eigenvalue weighted by Crippen LogP contribution is -2.32. The van der Waals surface area contributed by atoms with Gasteiger partial charge < -0.3 is 10.3 Å². The number of fused-ring (bicyclic) bond motifs is 1. The van der Waals surface area contributed by atoms with Crippen molar-refractivity contribution in [3.05, 3.63) is 52.9 Å². The van der Waals surface area contributed by atoms with E-state index in [9.17, 15) is 16.8 Å². The number of thiophene rings is 1. The van der Waals surface area contributed by atoms with Crippen LogP contribution >= 0.6 is 22.7 Å². The Hall–Kier alpha value is -2.25. The molecule has 0 bridgehead atoms. The molecule has 3 heterocycles. The number of benzene rings is 1. The number of nitrogens with one attached hydrogen (secondary N) is 2. The predicted molar refractivity (Wildman–Crippen MR) is 147 cm³/mol. The molecule has 1 atom stereocenters. The molecular formula is C24H28N4O4S4. The first kappa shape index (κ1) is 25.4. The van der Waals surface area contributed by atoms with Crippen molar-refractivity contribution < 1.29 is 16.8 Å². The summed E-state index contributed by atoms with van der Waals surface area (Å²) in [6.07, 6.45) is 5.10. The molecule has 1 aliphatic rings. The lowest BCUT2D eigenvalue weighted by Gasteiger charge is -2.24. The largest absolute Gasteiger partial charge is 0.351 e. The summed E-state index contributed by atoms with van der Waals surface area (Å²) >= 11 is 2.75. The third kappa shape index (κ3) is 5.67. The van der Waals surface area contributed by atoms with Crippen LogP contribution in [-0.4, -0.2) is 51.4 Å². The Bertz CT molecular complexity index is 1570. The van der Waals surface area contributed by atoms with Crippen molar-refractivity contribution in [2.24, 2.45) is 5.92 Å². The van der Waals surface area contributed by atoms with Gasteiger partial charge in [0, 0.05) is 41.8 Å². The summed E-state index contributed by atoms with van der Waals surface area (Å²) in [7, 11) is -6.72.